The predicted molar refractivity (Wildman–Crippen MR) is 104 cm³/mol. The summed E-state index contributed by atoms with van der Waals surface area (Å²) in [6.07, 6.45) is 1.59. The van der Waals surface area contributed by atoms with Gasteiger partial charge in [-0.1, -0.05) is 0 Å². The average Bonchev–Trinajstić information content (AvgIpc) is 2.72. The van der Waals surface area contributed by atoms with Crippen LogP contribution in [0.4, 0.5) is 11.8 Å². The van der Waals surface area contributed by atoms with E-state index in [1.165, 1.54) is 0 Å². The van der Waals surface area contributed by atoms with Crippen LogP contribution in [0.3, 0.4) is 0 Å². The largest absolute Gasteiger partial charge is 0.493 e. The smallest absolute Gasteiger partial charge is 0.224 e. The van der Waals surface area contributed by atoms with Crippen molar-refractivity contribution in [1.29, 1.82) is 0 Å². The second-order valence-electron chi connectivity index (χ2n) is 5.84. The summed E-state index contributed by atoms with van der Waals surface area (Å²) in [5.41, 5.74) is 7.90. The minimum absolute atomic E-state index is 0.0385. The van der Waals surface area contributed by atoms with Crippen LogP contribution >= 0.6 is 0 Å². The standard InChI is InChI=1S/C18H22N6O4/c1-27-13-4-3-11(9-14(13)28-2)12-10-20-16-15(21-12)17(23-18(19)22-16)24(5-7-25)6-8-26/h3-4,9-10,25-26H,5-8H2,1-2H3,(H2,19,20,22,23). The Labute approximate surface area is 161 Å². The second-order valence-corrected chi connectivity index (χ2v) is 5.84. The highest BCUT2D eigenvalue weighted by Gasteiger charge is 2.17. The lowest BCUT2D eigenvalue weighted by Gasteiger charge is -2.22. The Morgan fingerprint density at radius 2 is 1.71 bits per heavy atom. The number of anilines is 2. The van der Waals surface area contributed by atoms with Crippen molar-refractivity contribution in [1.82, 2.24) is 19.9 Å². The molecule has 4 N–H and O–H groups in total. The average molecular weight is 386 g/mol. The SMILES string of the molecule is COc1ccc(-c2cnc3nc(N)nc(N(CCO)CCO)c3n2)cc1OC. The minimum Gasteiger partial charge on any atom is -0.493 e. The number of benzene rings is 1. The summed E-state index contributed by atoms with van der Waals surface area (Å²) in [5.74, 6) is 1.61. The molecule has 3 aromatic rings. The number of hydrogen-bond donors (Lipinski definition) is 3. The summed E-state index contributed by atoms with van der Waals surface area (Å²) in [6.45, 7) is 0.283. The fraction of sp³-hybridized carbons (Fsp3) is 0.333. The van der Waals surface area contributed by atoms with E-state index in [9.17, 15) is 10.2 Å². The van der Waals surface area contributed by atoms with E-state index in [0.717, 1.165) is 5.56 Å². The molecule has 1 aromatic carbocycles. The van der Waals surface area contributed by atoms with Crippen LogP contribution in [0.2, 0.25) is 0 Å². The number of nitrogens with zero attached hydrogens (tertiary/aromatic N) is 5. The monoisotopic (exact) mass is 386 g/mol. The number of aromatic nitrogens is 4. The molecule has 0 aliphatic rings. The number of nitrogens with two attached hydrogens (primary N) is 1. The molecule has 0 spiro atoms. The Morgan fingerprint density at radius 1 is 1.00 bits per heavy atom. The highest BCUT2D eigenvalue weighted by atomic mass is 16.5. The first-order valence-electron chi connectivity index (χ1n) is 8.60. The van der Waals surface area contributed by atoms with E-state index in [1.807, 2.05) is 6.07 Å². The zero-order chi connectivity index (χ0) is 20.1. The molecule has 0 bridgehead atoms. The van der Waals surface area contributed by atoms with Gasteiger partial charge in [0.15, 0.2) is 28.5 Å². The van der Waals surface area contributed by atoms with Gasteiger partial charge in [0.25, 0.3) is 0 Å². The summed E-state index contributed by atoms with van der Waals surface area (Å²) < 4.78 is 10.6. The molecule has 148 valence electrons. The zero-order valence-corrected chi connectivity index (χ0v) is 15.7. The number of ether oxygens (including phenoxy) is 2. The van der Waals surface area contributed by atoms with Gasteiger partial charge in [0.2, 0.25) is 5.95 Å². The molecule has 0 aliphatic carbocycles. The molecule has 0 saturated heterocycles. The molecule has 28 heavy (non-hydrogen) atoms. The lowest BCUT2D eigenvalue weighted by Crippen LogP contribution is -2.31. The maximum absolute atomic E-state index is 9.35. The number of aliphatic hydroxyl groups is 2. The van der Waals surface area contributed by atoms with Crippen LogP contribution in [-0.2, 0) is 0 Å². The molecule has 0 fully saturated rings. The molecule has 0 amide bonds. The molecule has 0 saturated carbocycles. The van der Waals surface area contributed by atoms with Crippen molar-refractivity contribution in [3.05, 3.63) is 24.4 Å². The van der Waals surface area contributed by atoms with Crippen molar-refractivity contribution >= 4 is 22.9 Å². The van der Waals surface area contributed by atoms with E-state index in [4.69, 9.17) is 15.2 Å². The number of rotatable bonds is 8. The maximum Gasteiger partial charge on any atom is 0.224 e. The molecule has 0 radical (unpaired) electrons. The molecule has 0 aliphatic heterocycles. The van der Waals surface area contributed by atoms with Crippen LogP contribution in [0.25, 0.3) is 22.4 Å². The van der Waals surface area contributed by atoms with Crippen LogP contribution in [0.5, 0.6) is 11.5 Å². The highest BCUT2D eigenvalue weighted by Crippen LogP contribution is 2.32. The van der Waals surface area contributed by atoms with Crippen LogP contribution in [0, 0.1) is 0 Å². The van der Waals surface area contributed by atoms with E-state index in [2.05, 4.69) is 19.9 Å². The Morgan fingerprint density at radius 3 is 2.36 bits per heavy atom. The maximum atomic E-state index is 9.35. The lowest BCUT2D eigenvalue weighted by molar-refractivity contribution is 0.281. The Bertz CT molecular complexity index is 962. The van der Waals surface area contributed by atoms with Gasteiger partial charge in [-0.15, -0.1) is 0 Å². The topological polar surface area (TPSA) is 140 Å². The molecule has 0 atom stereocenters. The first-order valence-corrected chi connectivity index (χ1v) is 8.60. The summed E-state index contributed by atoms with van der Waals surface area (Å²) in [7, 11) is 3.13. The quantitative estimate of drug-likeness (QED) is 0.500. The van der Waals surface area contributed by atoms with Crippen LogP contribution in [0.1, 0.15) is 0 Å². The first-order chi connectivity index (χ1) is 13.6. The molecular formula is C18H22N6O4. The van der Waals surface area contributed by atoms with E-state index < -0.39 is 0 Å². The van der Waals surface area contributed by atoms with Gasteiger partial charge in [0.05, 0.1) is 39.3 Å². The number of aliphatic hydroxyl groups excluding tert-OH is 2. The zero-order valence-electron chi connectivity index (χ0n) is 15.7. The Balaban J connectivity index is 2.14. The van der Waals surface area contributed by atoms with Crippen molar-refractivity contribution < 1.29 is 19.7 Å². The number of methoxy groups -OCH3 is 2. The summed E-state index contributed by atoms with van der Waals surface area (Å²) in [5, 5.41) is 18.7. The molecule has 10 heteroatoms. The van der Waals surface area contributed by atoms with Gasteiger partial charge in [-0.3, -0.25) is 0 Å². The molecule has 2 heterocycles. The van der Waals surface area contributed by atoms with E-state index in [1.54, 1.807) is 37.4 Å². The summed E-state index contributed by atoms with van der Waals surface area (Å²) >= 11 is 0. The predicted octanol–water partition coefficient (Wildman–Crippen LogP) is 0.477. The van der Waals surface area contributed by atoms with E-state index >= 15 is 0 Å². The van der Waals surface area contributed by atoms with Crippen molar-refractivity contribution in [2.75, 3.05) is 51.2 Å². The molecule has 10 nitrogen and oxygen atoms in total. The Kier molecular flexibility index (Phi) is 6.02. The third-order valence-corrected chi connectivity index (χ3v) is 4.12. The molecular weight excluding hydrogens is 364 g/mol. The fourth-order valence-electron chi connectivity index (χ4n) is 2.83. The van der Waals surface area contributed by atoms with Crippen molar-refractivity contribution in [2.45, 2.75) is 0 Å². The lowest BCUT2D eigenvalue weighted by atomic mass is 10.1. The van der Waals surface area contributed by atoms with Gasteiger partial charge >= 0.3 is 0 Å². The van der Waals surface area contributed by atoms with Crippen molar-refractivity contribution in [3.8, 4) is 22.8 Å². The normalized spacial score (nSPS) is 10.9. The highest BCUT2D eigenvalue weighted by molar-refractivity contribution is 5.85. The van der Waals surface area contributed by atoms with Gasteiger partial charge in [-0.25, -0.2) is 9.97 Å². The van der Waals surface area contributed by atoms with Gasteiger partial charge in [-0.2, -0.15) is 9.97 Å². The van der Waals surface area contributed by atoms with Gasteiger partial charge in [0, 0.05) is 18.7 Å². The summed E-state index contributed by atoms with van der Waals surface area (Å²) in [6, 6.07) is 5.42. The number of fused-ring (bicyclic) bond motifs is 1. The van der Waals surface area contributed by atoms with Crippen molar-refractivity contribution in [2.24, 2.45) is 0 Å². The molecule has 2 aromatic heterocycles. The molecule has 0 unspecified atom stereocenters. The number of nitrogen functional groups attached to an aromatic ring is 1. The van der Waals surface area contributed by atoms with Crippen LogP contribution < -0.4 is 20.1 Å². The minimum atomic E-state index is -0.117. The van der Waals surface area contributed by atoms with Gasteiger partial charge in [0.1, 0.15) is 0 Å². The van der Waals surface area contributed by atoms with E-state index in [0.29, 0.717) is 34.2 Å². The third kappa shape index (κ3) is 3.87. The third-order valence-electron chi connectivity index (χ3n) is 4.12. The summed E-state index contributed by atoms with van der Waals surface area (Å²) in [4.78, 5) is 19.1. The fourth-order valence-corrected chi connectivity index (χ4v) is 2.83. The molecule has 3 rings (SSSR count). The second kappa shape index (κ2) is 8.63. The first kappa shape index (κ1) is 19.5. The van der Waals surface area contributed by atoms with Crippen molar-refractivity contribution in [3.63, 3.8) is 0 Å². The Hall–Kier alpha value is -3.24. The van der Waals surface area contributed by atoms with Crippen LogP contribution in [0.15, 0.2) is 24.4 Å². The van der Waals surface area contributed by atoms with E-state index in [-0.39, 0.29) is 32.3 Å². The van der Waals surface area contributed by atoms with Gasteiger partial charge in [-0.05, 0) is 18.2 Å². The van der Waals surface area contributed by atoms with Crippen LogP contribution in [-0.4, -0.2) is 70.7 Å². The number of hydrogen-bond acceptors (Lipinski definition) is 10. The van der Waals surface area contributed by atoms with Gasteiger partial charge < -0.3 is 30.3 Å².